The molecule has 0 bridgehead atoms. The molecule has 0 aliphatic heterocycles. The highest BCUT2D eigenvalue weighted by atomic mass is 32.1. The van der Waals surface area contributed by atoms with Gasteiger partial charge in [-0.25, -0.2) is 4.98 Å². The number of fused-ring (bicyclic) bond motifs is 1. The van der Waals surface area contributed by atoms with E-state index in [0.717, 1.165) is 11.3 Å². The highest BCUT2D eigenvalue weighted by Crippen LogP contribution is 2.35. The Bertz CT molecular complexity index is 1550. The van der Waals surface area contributed by atoms with Crippen molar-refractivity contribution in [1.82, 2.24) is 19.7 Å². The fourth-order valence-electron chi connectivity index (χ4n) is 3.65. The zero-order valence-electron chi connectivity index (χ0n) is 19.0. The number of carbonyl (C=O) groups excluding carboxylic acids is 1. The van der Waals surface area contributed by atoms with E-state index in [1.165, 1.54) is 22.2 Å². The van der Waals surface area contributed by atoms with E-state index in [4.69, 9.17) is 9.26 Å². The van der Waals surface area contributed by atoms with Gasteiger partial charge in [0.25, 0.3) is 11.4 Å². The molecule has 3 heterocycles. The van der Waals surface area contributed by atoms with E-state index in [-0.39, 0.29) is 18.0 Å². The van der Waals surface area contributed by atoms with Crippen LogP contribution in [0, 0.1) is 6.92 Å². The Labute approximate surface area is 204 Å². The van der Waals surface area contributed by atoms with E-state index in [9.17, 15) is 9.59 Å². The summed E-state index contributed by atoms with van der Waals surface area (Å²) in [6, 6.07) is 16.5. The standard InChI is InChI=1S/C25H21N5O4S/c1-3-33-18-11-9-17(10-12-18)27-19(31)13-30-14-26-24-20(25(30)32)15(2)21(35-24)23-28-22(29-34-23)16-7-5-4-6-8-16/h4-12,14H,3,13H2,1-2H3,(H,27,31). The van der Waals surface area contributed by atoms with Crippen molar-refractivity contribution in [3.63, 3.8) is 0 Å². The molecule has 0 spiro atoms. The molecule has 1 amide bonds. The number of thiophene rings is 1. The lowest BCUT2D eigenvalue weighted by molar-refractivity contribution is -0.116. The lowest BCUT2D eigenvalue weighted by Crippen LogP contribution is -2.27. The number of amides is 1. The van der Waals surface area contributed by atoms with Crippen molar-refractivity contribution in [2.45, 2.75) is 20.4 Å². The molecule has 35 heavy (non-hydrogen) atoms. The van der Waals surface area contributed by atoms with Crippen LogP contribution in [0.3, 0.4) is 0 Å². The Morgan fingerprint density at radius 1 is 1.14 bits per heavy atom. The van der Waals surface area contributed by atoms with Gasteiger partial charge in [-0.05, 0) is 43.7 Å². The SMILES string of the molecule is CCOc1ccc(NC(=O)Cn2cnc3sc(-c4nc(-c5ccccc5)no4)c(C)c3c2=O)cc1. The Morgan fingerprint density at radius 3 is 2.66 bits per heavy atom. The van der Waals surface area contributed by atoms with E-state index in [2.05, 4.69) is 20.4 Å². The second-order valence-electron chi connectivity index (χ2n) is 7.71. The molecule has 1 N–H and O–H groups in total. The van der Waals surface area contributed by atoms with E-state index < -0.39 is 0 Å². The number of aryl methyl sites for hydroxylation is 1. The predicted molar refractivity (Wildman–Crippen MR) is 134 cm³/mol. The van der Waals surface area contributed by atoms with Crippen molar-refractivity contribution in [2.24, 2.45) is 0 Å². The second kappa shape index (κ2) is 9.51. The van der Waals surface area contributed by atoms with Crippen LogP contribution in [0.4, 0.5) is 5.69 Å². The van der Waals surface area contributed by atoms with E-state index in [0.29, 0.717) is 44.7 Å². The highest BCUT2D eigenvalue weighted by molar-refractivity contribution is 7.22. The first-order valence-electron chi connectivity index (χ1n) is 10.9. The van der Waals surface area contributed by atoms with Gasteiger partial charge in [-0.1, -0.05) is 35.5 Å². The maximum Gasteiger partial charge on any atom is 0.268 e. The molecule has 9 nitrogen and oxygen atoms in total. The summed E-state index contributed by atoms with van der Waals surface area (Å²) in [5.41, 5.74) is 1.83. The zero-order chi connectivity index (χ0) is 24.4. The summed E-state index contributed by atoms with van der Waals surface area (Å²) in [4.78, 5) is 35.9. The van der Waals surface area contributed by atoms with Crippen molar-refractivity contribution in [3.05, 3.63) is 76.8 Å². The van der Waals surface area contributed by atoms with Gasteiger partial charge in [0.05, 0.1) is 23.2 Å². The number of hydrogen-bond acceptors (Lipinski definition) is 8. The van der Waals surface area contributed by atoms with Crippen LogP contribution in [0.1, 0.15) is 12.5 Å². The maximum absolute atomic E-state index is 13.2. The molecule has 5 rings (SSSR count). The second-order valence-corrected chi connectivity index (χ2v) is 8.71. The number of nitrogens with zero attached hydrogens (tertiary/aromatic N) is 4. The van der Waals surface area contributed by atoms with Gasteiger partial charge in [-0.2, -0.15) is 4.98 Å². The van der Waals surface area contributed by atoms with Gasteiger partial charge in [0.15, 0.2) is 0 Å². The molecule has 0 unspecified atom stereocenters. The molecule has 0 aliphatic rings. The van der Waals surface area contributed by atoms with Crippen molar-refractivity contribution >= 4 is 33.1 Å². The minimum Gasteiger partial charge on any atom is -0.494 e. The normalized spacial score (nSPS) is 11.0. The number of anilines is 1. The summed E-state index contributed by atoms with van der Waals surface area (Å²) >= 11 is 1.30. The van der Waals surface area contributed by atoms with Crippen LogP contribution in [-0.4, -0.2) is 32.2 Å². The highest BCUT2D eigenvalue weighted by Gasteiger charge is 2.21. The smallest absolute Gasteiger partial charge is 0.268 e. The summed E-state index contributed by atoms with van der Waals surface area (Å²) in [6.45, 7) is 4.11. The summed E-state index contributed by atoms with van der Waals surface area (Å²) < 4.78 is 12.2. The molecule has 0 atom stereocenters. The van der Waals surface area contributed by atoms with Crippen molar-refractivity contribution in [2.75, 3.05) is 11.9 Å². The van der Waals surface area contributed by atoms with E-state index >= 15 is 0 Å². The summed E-state index contributed by atoms with van der Waals surface area (Å²) in [6.07, 6.45) is 1.38. The van der Waals surface area contributed by atoms with Gasteiger partial charge >= 0.3 is 0 Å². The summed E-state index contributed by atoms with van der Waals surface area (Å²) in [5.74, 6) is 1.17. The molecule has 0 aliphatic carbocycles. The van der Waals surface area contributed by atoms with Crippen molar-refractivity contribution < 1.29 is 14.1 Å². The van der Waals surface area contributed by atoms with E-state index in [1.807, 2.05) is 44.2 Å². The van der Waals surface area contributed by atoms with Gasteiger partial charge in [0, 0.05) is 11.3 Å². The molecule has 0 saturated heterocycles. The Hall–Kier alpha value is -4.31. The minimum absolute atomic E-state index is 0.168. The number of nitrogens with one attached hydrogen (secondary N) is 1. The molecule has 176 valence electrons. The quantitative estimate of drug-likeness (QED) is 0.359. The number of rotatable bonds is 7. The van der Waals surface area contributed by atoms with Gasteiger partial charge in [-0.15, -0.1) is 11.3 Å². The van der Waals surface area contributed by atoms with Crippen LogP contribution in [0.5, 0.6) is 5.75 Å². The Balaban J connectivity index is 1.38. The number of benzene rings is 2. The molecule has 3 aromatic heterocycles. The third-order valence-corrected chi connectivity index (χ3v) is 6.52. The fourth-order valence-corrected chi connectivity index (χ4v) is 4.71. The predicted octanol–water partition coefficient (Wildman–Crippen LogP) is 4.52. The first-order chi connectivity index (χ1) is 17.0. The van der Waals surface area contributed by atoms with Gasteiger partial charge in [0.2, 0.25) is 11.7 Å². The van der Waals surface area contributed by atoms with Gasteiger partial charge in [-0.3, -0.25) is 14.2 Å². The summed E-state index contributed by atoms with van der Waals surface area (Å²) in [7, 11) is 0. The minimum atomic E-state index is -0.338. The lowest BCUT2D eigenvalue weighted by Gasteiger charge is -2.08. The molecule has 0 fully saturated rings. The monoisotopic (exact) mass is 487 g/mol. The molecule has 10 heteroatoms. The van der Waals surface area contributed by atoms with Crippen LogP contribution in [-0.2, 0) is 11.3 Å². The van der Waals surface area contributed by atoms with Crippen molar-refractivity contribution in [3.8, 4) is 27.9 Å². The fraction of sp³-hybridized carbons (Fsp3) is 0.160. The first kappa shape index (κ1) is 22.5. The Morgan fingerprint density at radius 2 is 1.91 bits per heavy atom. The number of ether oxygens (including phenoxy) is 1. The van der Waals surface area contributed by atoms with E-state index in [1.54, 1.807) is 24.3 Å². The average molecular weight is 488 g/mol. The zero-order valence-corrected chi connectivity index (χ0v) is 19.8. The molecule has 2 aromatic carbocycles. The van der Waals surface area contributed by atoms with Crippen LogP contribution in [0.15, 0.2) is 70.2 Å². The third kappa shape index (κ3) is 4.56. The third-order valence-electron chi connectivity index (χ3n) is 5.33. The first-order valence-corrected chi connectivity index (χ1v) is 11.8. The van der Waals surface area contributed by atoms with Gasteiger partial charge in [0.1, 0.15) is 17.1 Å². The maximum atomic E-state index is 13.2. The van der Waals surface area contributed by atoms with Crippen LogP contribution >= 0.6 is 11.3 Å². The number of hydrogen-bond donors (Lipinski definition) is 1. The number of carbonyl (C=O) groups is 1. The molecule has 0 radical (unpaired) electrons. The van der Waals surface area contributed by atoms with Gasteiger partial charge < -0.3 is 14.6 Å². The summed E-state index contributed by atoms with van der Waals surface area (Å²) in [5, 5.41) is 7.28. The van der Waals surface area contributed by atoms with Crippen LogP contribution in [0.2, 0.25) is 0 Å². The Kier molecular flexibility index (Phi) is 6.11. The number of aromatic nitrogens is 4. The molecular weight excluding hydrogens is 466 g/mol. The molecule has 0 saturated carbocycles. The van der Waals surface area contributed by atoms with Crippen molar-refractivity contribution in [1.29, 1.82) is 0 Å². The topological polar surface area (TPSA) is 112 Å². The molecular formula is C25H21N5O4S. The molecule has 5 aromatic rings. The lowest BCUT2D eigenvalue weighted by atomic mass is 10.2. The largest absolute Gasteiger partial charge is 0.494 e. The van der Waals surface area contributed by atoms with Crippen LogP contribution < -0.4 is 15.6 Å². The van der Waals surface area contributed by atoms with Crippen LogP contribution in [0.25, 0.3) is 32.4 Å². The average Bonchev–Trinajstić information content (AvgIpc) is 3.48.